The molecule has 2 unspecified atom stereocenters. The first kappa shape index (κ1) is 33.2. The van der Waals surface area contributed by atoms with Gasteiger partial charge >= 0.3 is 0 Å². The first-order valence-corrected chi connectivity index (χ1v) is 20.3. The molecule has 0 saturated heterocycles. The third-order valence-electron chi connectivity index (χ3n) is 13.6. The molecule has 2 aromatic heterocycles. The van der Waals surface area contributed by atoms with Crippen molar-refractivity contribution in [1.29, 1.82) is 0 Å². The van der Waals surface area contributed by atoms with E-state index in [4.69, 9.17) is 0 Å². The number of rotatable bonds is 4. The Hall–Kier alpha value is -6.12. The number of para-hydroxylation sites is 1. The molecule has 0 radical (unpaired) electrons. The molecule has 2 atom stereocenters. The summed E-state index contributed by atoms with van der Waals surface area (Å²) in [6, 6.07) is 53.8. The molecule has 2 heteroatoms. The fourth-order valence-corrected chi connectivity index (χ4v) is 11.0. The third-order valence-corrected chi connectivity index (χ3v) is 13.6. The predicted octanol–water partition coefficient (Wildman–Crippen LogP) is 13.9. The quantitative estimate of drug-likeness (QED) is 0.171. The molecule has 0 aliphatic heterocycles. The van der Waals surface area contributed by atoms with E-state index in [0.717, 1.165) is 12.8 Å². The second kappa shape index (κ2) is 12.2. The Kier molecular flexibility index (Phi) is 7.23. The number of hydrogen-bond acceptors (Lipinski definition) is 0. The van der Waals surface area contributed by atoms with E-state index in [9.17, 15) is 0 Å². The molecule has 56 heavy (non-hydrogen) atoms. The van der Waals surface area contributed by atoms with Gasteiger partial charge in [-0.25, -0.2) is 0 Å². The maximum atomic E-state index is 2.58. The summed E-state index contributed by atoms with van der Waals surface area (Å²) in [5, 5.41) is 2.81. The normalized spacial score (nSPS) is 18.7. The third kappa shape index (κ3) is 4.68. The van der Waals surface area contributed by atoms with E-state index >= 15 is 0 Å². The molecule has 0 bridgehead atoms. The van der Waals surface area contributed by atoms with Gasteiger partial charge in [-0.3, -0.25) is 0 Å². The molecule has 8 aromatic rings. The first-order valence-electron chi connectivity index (χ1n) is 20.3. The minimum Gasteiger partial charge on any atom is -0.313 e. The summed E-state index contributed by atoms with van der Waals surface area (Å²) in [5.41, 5.74) is 18.4. The van der Waals surface area contributed by atoms with Crippen molar-refractivity contribution >= 4 is 34.0 Å². The molecule has 0 N–H and O–H groups in total. The molecular weight excluding hydrogens is 677 g/mol. The van der Waals surface area contributed by atoms with E-state index in [2.05, 4.69) is 207 Å². The summed E-state index contributed by atoms with van der Waals surface area (Å²) in [6.45, 7) is 10.1. The maximum absolute atomic E-state index is 2.58. The van der Waals surface area contributed by atoms with Crippen molar-refractivity contribution in [2.75, 3.05) is 0 Å². The molecule has 2 nitrogen and oxygen atoms in total. The Balaban J connectivity index is 1.10. The lowest BCUT2D eigenvalue weighted by Crippen LogP contribution is -2.48. The number of benzene rings is 6. The Morgan fingerprint density at radius 2 is 1.23 bits per heavy atom. The fourth-order valence-electron chi connectivity index (χ4n) is 11.0. The average Bonchev–Trinajstić information content (AvgIpc) is 3.76. The van der Waals surface area contributed by atoms with E-state index in [1.165, 1.54) is 89.1 Å². The number of nitrogens with zero attached hydrogens (tertiary/aromatic N) is 2. The van der Waals surface area contributed by atoms with Gasteiger partial charge in [-0.15, -0.1) is 0 Å². The molecule has 272 valence electrons. The van der Waals surface area contributed by atoms with Crippen molar-refractivity contribution < 1.29 is 0 Å². The lowest BCUT2D eigenvalue weighted by atomic mass is 9.49. The van der Waals surface area contributed by atoms with Crippen molar-refractivity contribution in [3.05, 3.63) is 191 Å². The first-order chi connectivity index (χ1) is 27.3. The van der Waals surface area contributed by atoms with Crippen LogP contribution in [0.3, 0.4) is 0 Å². The van der Waals surface area contributed by atoms with Gasteiger partial charge < -0.3 is 9.13 Å². The Morgan fingerprint density at radius 1 is 0.554 bits per heavy atom. The lowest BCUT2D eigenvalue weighted by molar-refractivity contribution is 0.215. The molecule has 2 heterocycles. The van der Waals surface area contributed by atoms with Crippen LogP contribution in [0.1, 0.15) is 73.7 Å². The van der Waals surface area contributed by atoms with Crippen LogP contribution in [0, 0.1) is 5.92 Å². The smallest absolute Gasteiger partial charge is 0.0540 e. The maximum Gasteiger partial charge on any atom is 0.0540 e. The second-order valence-electron chi connectivity index (χ2n) is 17.3. The highest BCUT2D eigenvalue weighted by atomic mass is 15.0. The lowest BCUT2D eigenvalue weighted by Gasteiger charge is -2.54. The van der Waals surface area contributed by atoms with E-state index in [1.807, 2.05) is 0 Å². The van der Waals surface area contributed by atoms with Gasteiger partial charge in [0.2, 0.25) is 0 Å². The van der Waals surface area contributed by atoms with Gasteiger partial charge in [0.1, 0.15) is 0 Å². The van der Waals surface area contributed by atoms with Crippen LogP contribution in [0.25, 0.3) is 67.6 Å². The molecule has 11 rings (SSSR count). The molecule has 6 aromatic carbocycles. The van der Waals surface area contributed by atoms with Crippen LogP contribution in [-0.4, -0.2) is 9.13 Å². The summed E-state index contributed by atoms with van der Waals surface area (Å²) in [4.78, 5) is 0. The van der Waals surface area contributed by atoms with Crippen LogP contribution < -0.4 is 0 Å². The van der Waals surface area contributed by atoms with Gasteiger partial charge in [-0.05, 0) is 111 Å². The van der Waals surface area contributed by atoms with Gasteiger partial charge in [-0.2, -0.15) is 0 Å². The molecular formula is C54H46N2. The van der Waals surface area contributed by atoms with Crippen LogP contribution in [0.4, 0.5) is 0 Å². The van der Waals surface area contributed by atoms with E-state index in [-0.39, 0.29) is 10.8 Å². The minimum absolute atomic E-state index is 0.123. The van der Waals surface area contributed by atoms with Crippen molar-refractivity contribution in [2.45, 2.75) is 57.3 Å². The van der Waals surface area contributed by atoms with Gasteiger partial charge in [0, 0.05) is 39.3 Å². The standard InChI is InChI=1S/C54H46N2/c1-53(2)44-31-33-48-50(42-23-12-14-25-46(42)56(48)40-21-15-20-38(34-40)36-18-9-6-10-19-36)52(44)54(3,4)43-30-32-47-49(51(43)53)41-22-11-13-24-45(41)55(47)39-28-26-37(27-29-39)35-16-7-5-8-17-35/h5-12,14-23,25-34,44,52H,13,24H2,1-4H3. The summed E-state index contributed by atoms with van der Waals surface area (Å²) in [7, 11) is 0. The van der Waals surface area contributed by atoms with Crippen molar-refractivity contribution in [3.63, 3.8) is 0 Å². The van der Waals surface area contributed by atoms with E-state index in [1.54, 1.807) is 0 Å². The summed E-state index contributed by atoms with van der Waals surface area (Å²) < 4.78 is 5.10. The highest BCUT2D eigenvalue weighted by Crippen LogP contribution is 2.62. The molecule has 0 spiro atoms. The van der Waals surface area contributed by atoms with Crippen LogP contribution >= 0.6 is 0 Å². The van der Waals surface area contributed by atoms with Crippen molar-refractivity contribution in [3.8, 4) is 33.6 Å². The van der Waals surface area contributed by atoms with Crippen LogP contribution in [0.15, 0.2) is 158 Å². The van der Waals surface area contributed by atoms with Gasteiger partial charge in [0.05, 0.1) is 16.7 Å². The second-order valence-corrected chi connectivity index (χ2v) is 17.3. The van der Waals surface area contributed by atoms with Gasteiger partial charge in [0.25, 0.3) is 0 Å². The zero-order valence-corrected chi connectivity index (χ0v) is 32.6. The topological polar surface area (TPSA) is 9.86 Å². The summed E-state index contributed by atoms with van der Waals surface area (Å²) in [6.07, 6.45) is 12.0. The summed E-state index contributed by atoms with van der Waals surface area (Å²) in [5.74, 6) is 0.611. The molecule has 0 amide bonds. The highest BCUT2D eigenvalue weighted by molar-refractivity contribution is 5.99. The molecule has 0 fully saturated rings. The number of aromatic nitrogens is 2. The number of allylic oxidation sites excluding steroid dienone is 2. The monoisotopic (exact) mass is 722 g/mol. The molecule has 3 aliphatic carbocycles. The zero-order chi connectivity index (χ0) is 37.8. The Labute approximate surface area is 330 Å². The fraction of sp³-hybridized carbons (Fsp3) is 0.185. The van der Waals surface area contributed by atoms with Crippen LogP contribution in [0.5, 0.6) is 0 Å². The van der Waals surface area contributed by atoms with Gasteiger partial charge in [-0.1, -0.05) is 155 Å². The summed E-state index contributed by atoms with van der Waals surface area (Å²) >= 11 is 0. The Bertz CT molecular complexity index is 2890. The average molecular weight is 723 g/mol. The van der Waals surface area contributed by atoms with Crippen LogP contribution in [0.2, 0.25) is 0 Å². The van der Waals surface area contributed by atoms with E-state index < -0.39 is 0 Å². The Morgan fingerprint density at radius 3 is 2.00 bits per heavy atom. The largest absolute Gasteiger partial charge is 0.313 e. The zero-order valence-electron chi connectivity index (χ0n) is 32.6. The van der Waals surface area contributed by atoms with Gasteiger partial charge in [0.15, 0.2) is 0 Å². The van der Waals surface area contributed by atoms with Crippen LogP contribution in [-0.2, 0) is 17.3 Å². The van der Waals surface area contributed by atoms with Crippen molar-refractivity contribution in [2.24, 2.45) is 5.92 Å². The minimum atomic E-state index is -0.130. The SMILES string of the molecule is CC1(C)c2c(ccc3c2c2c(n3-c3ccc(-c4ccccc4)cc3)CCC=C2)C(C)(C)C2c3c(n(-c4cccc(-c5ccccc5)c4)c4ccccc34)C=CC21. The molecule has 0 saturated carbocycles. The number of hydrogen-bond donors (Lipinski definition) is 0. The highest BCUT2D eigenvalue weighted by Gasteiger charge is 2.54. The number of fused-ring (bicyclic) bond motifs is 10. The predicted molar refractivity (Wildman–Crippen MR) is 236 cm³/mol. The van der Waals surface area contributed by atoms with E-state index in [0.29, 0.717) is 11.8 Å². The van der Waals surface area contributed by atoms with Crippen molar-refractivity contribution in [1.82, 2.24) is 9.13 Å². The molecule has 3 aliphatic rings.